The zero-order valence-corrected chi connectivity index (χ0v) is 21.8. The van der Waals surface area contributed by atoms with Crippen LogP contribution in [-0.4, -0.2) is 89.8 Å². The number of alkyl halides is 27. The van der Waals surface area contributed by atoms with E-state index in [9.17, 15) is 123 Å². The molecule has 0 aromatic carbocycles. The van der Waals surface area contributed by atoms with Crippen LogP contribution < -0.4 is 0 Å². The third-order valence-corrected chi connectivity index (χ3v) is 5.82. The molecule has 48 heavy (non-hydrogen) atoms. The molecule has 0 aliphatic rings. The van der Waals surface area contributed by atoms with E-state index in [0.717, 1.165) is 0 Å². The van der Waals surface area contributed by atoms with Crippen LogP contribution in [0.25, 0.3) is 0 Å². The van der Waals surface area contributed by atoms with Gasteiger partial charge in [0.2, 0.25) is 0 Å². The van der Waals surface area contributed by atoms with Crippen LogP contribution in [0.2, 0.25) is 0 Å². The Bertz CT molecular complexity index is 1220. The van der Waals surface area contributed by atoms with Crippen LogP contribution in [0, 0.1) is 0 Å². The van der Waals surface area contributed by atoms with Gasteiger partial charge in [0.05, 0.1) is 6.61 Å². The third kappa shape index (κ3) is 5.36. The average Bonchev–Trinajstić information content (AvgIpc) is 2.86. The van der Waals surface area contributed by atoms with Gasteiger partial charge in [-0.1, -0.05) is 6.08 Å². The molecule has 0 saturated heterocycles. The summed E-state index contributed by atoms with van der Waals surface area (Å²) in [6.45, 7) is -0.533. The molecule has 0 N–H and O–H groups in total. The summed E-state index contributed by atoms with van der Waals surface area (Å²) in [5.41, 5.74) is -3.23. The third-order valence-electron chi connectivity index (χ3n) is 5.82. The maximum atomic E-state index is 14.1. The van der Waals surface area contributed by atoms with Crippen molar-refractivity contribution in [2.75, 3.05) is 6.61 Å². The molecular formula is C19H9F27O2. The van der Waals surface area contributed by atoms with E-state index >= 15 is 0 Å². The van der Waals surface area contributed by atoms with Gasteiger partial charge in [0.25, 0.3) is 0 Å². The van der Waals surface area contributed by atoms with Gasteiger partial charge in [0.15, 0.2) is 0 Å². The number of rotatable bonds is 14. The molecular weight excluding hydrogens is 773 g/mol. The lowest BCUT2D eigenvalue weighted by Crippen LogP contribution is -2.78. The highest BCUT2D eigenvalue weighted by molar-refractivity contribution is 5.90. The molecule has 0 unspecified atom stereocenters. The minimum absolute atomic E-state index is 0.0119. The average molecular weight is 782 g/mol. The molecule has 0 aromatic heterocycles. The second kappa shape index (κ2) is 11.7. The predicted molar refractivity (Wildman–Crippen MR) is 95.8 cm³/mol. The quantitative estimate of drug-likeness (QED) is 0.0998. The first kappa shape index (κ1) is 45.3. The van der Waals surface area contributed by atoms with Crippen molar-refractivity contribution in [3.63, 3.8) is 0 Å². The van der Waals surface area contributed by atoms with Crippen molar-refractivity contribution in [3.8, 4) is 0 Å². The van der Waals surface area contributed by atoms with Gasteiger partial charge in [0.1, 0.15) is 5.57 Å². The van der Waals surface area contributed by atoms with E-state index in [-0.39, 0.29) is 6.92 Å². The molecule has 0 aliphatic heterocycles. The molecule has 0 fully saturated rings. The highest BCUT2D eigenvalue weighted by atomic mass is 19.4. The Balaban J connectivity index is 7.57. The largest absolute Gasteiger partial charge is 0.462 e. The lowest BCUT2D eigenvalue weighted by Gasteiger charge is -2.46. The van der Waals surface area contributed by atoms with E-state index in [0.29, 0.717) is 6.92 Å². The Hall–Kier alpha value is -2.68. The zero-order valence-electron chi connectivity index (χ0n) is 21.8. The van der Waals surface area contributed by atoms with E-state index < -0.39 is 101 Å². The maximum absolute atomic E-state index is 14.1. The number of esters is 1. The fourth-order valence-electron chi connectivity index (χ4n) is 2.95. The molecule has 0 bridgehead atoms. The Labute approximate surface area is 244 Å². The first-order chi connectivity index (χ1) is 20.4. The lowest BCUT2D eigenvalue weighted by molar-refractivity contribution is -0.484. The summed E-state index contributed by atoms with van der Waals surface area (Å²) in [5.74, 6) is -114. The van der Waals surface area contributed by atoms with E-state index in [1.165, 1.54) is 0 Å². The van der Waals surface area contributed by atoms with E-state index in [2.05, 4.69) is 4.74 Å². The highest BCUT2D eigenvalue weighted by Gasteiger charge is 3.00. The number of hydrogen-bond donors (Lipinski definition) is 0. The Morgan fingerprint density at radius 2 is 0.625 bits per heavy atom. The van der Waals surface area contributed by atoms with Gasteiger partial charge in [-0.05, 0) is 13.8 Å². The summed E-state index contributed by atoms with van der Waals surface area (Å²) in [7, 11) is 0. The fraction of sp³-hybridized carbons (Fsp3) is 0.842. The maximum Gasteiger partial charge on any atom is 0.460 e. The second-order valence-electron chi connectivity index (χ2n) is 8.81. The number of hydrogen-bond acceptors (Lipinski definition) is 2. The number of allylic oxidation sites excluding steroid dienone is 1. The first-order valence-electron chi connectivity index (χ1n) is 10.9. The SMILES string of the molecule is CC=C(C(=O)OCC)C(F)(F)C(F)(F)C(F)(F)C(F)(F)C(F)(F)C(F)(F)C(F)(F)C(F)(F)C(F)(F)C(F)(F)C(F)(F)C(F)(F)C(F)(F)F. The molecule has 0 rings (SSSR count). The standard InChI is InChI=1S/C19H9F27O2/c1-3-5(6(47)48-4-2)7(20,21)8(22,23)9(24,25)10(26,27)11(28,29)12(30,31)13(32,33)14(34,35)15(36,37)16(38,39)17(40,41)18(42,43)19(44,45)46/h3H,4H2,1-2H3. The van der Waals surface area contributed by atoms with Crippen LogP contribution in [0.5, 0.6) is 0 Å². The van der Waals surface area contributed by atoms with Crippen LogP contribution in [0.3, 0.4) is 0 Å². The van der Waals surface area contributed by atoms with Gasteiger partial charge in [0, 0.05) is 0 Å². The monoisotopic (exact) mass is 782 g/mol. The van der Waals surface area contributed by atoms with Crippen molar-refractivity contribution < 1.29 is 128 Å². The van der Waals surface area contributed by atoms with Crippen molar-refractivity contribution >= 4 is 5.97 Å². The fourth-order valence-corrected chi connectivity index (χ4v) is 2.95. The van der Waals surface area contributed by atoms with Gasteiger partial charge in [-0.25, -0.2) is 4.79 Å². The first-order valence-corrected chi connectivity index (χ1v) is 10.9. The minimum Gasteiger partial charge on any atom is -0.462 e. The van der Waals surface area contributed by atoms with Crippen molar-refractivity contribution in [2.45, 2.75) is 91.1 Å². The normalized spacial score (nSPS) is 16.7. The van der Waals surface area contributed by atoms with E-state index in [1.54, 1.807) is 0 Å². The summed E-state index contributed by atoms with van der Waals surface area (Å²) in [6.07, 6.45) is -8.98. The summed E-state index contributed by atoms with van der Waals surface area (Å²) in [5, 5.41) is 0. The van der Waals surface area contributed by atoms with Gasteiger partial charge < -0.3 is 4.74 Å². The molecule has 0 amide bonds. The van der Waals surface area contributed by atoms with Crippen LogP contribution >= 0.6 is 0 Å². The molecule has 0 spiro atoms. The van der Waals surface area contributed by atoms with Gasteiger partial charge in [-0.15, -0.1) is 0 Å². The number of carbonyl (C=O) groups is 1. The van der Waals surface area contributed by atoms with Gasteiger partial charge >= 0.3 is 83.2 Å². The molecule has 0 aromatic rings. The molecule has 286 valence electrons. The van der Waals surface area contributed by atoms with Crippen molar-refractivity contribution in [1.82, 2.24) is 0 Å². The Morgan fingerprint density at radius 3 is 0.812 bits per heavy atom. The molecule has 0 atom stereocenters. The number of halogens is 27. The Kier molecular flexibility index (Phi) is 11.0. The molecule has 0 radical (unpaired) electrons. The Morgan fingerprint density at radius 1 is 0.417 bits per heavy atom. The zero-order chi connectivity index (χ0) is 39.8. The summed E-state index contributed by atoms with van der Waals surface area (Å²) < 4.78 is 369. The van der Waals surface area contributed by atoms with Gasteiger partial charge in [-0.3, -0.25) is 0 Å². The lowest BCUT2D eigenvalue weighted by atomic mass is 9.83. The molecule has 0 aliphatic carbocycles. The summed E-state index contributed by atoms with van der Waals surface area (Å²) in [6, 6.07) is 0. The smallest absolute Gasteiger partial charge is 0.460 e. The van der Waals surface area contributed by atoms with Gasteiger partial charge in [-0.2, -0.15) is 119 Å². The van der Waals surface area contributed by atoms with E-state index in [4.69, 9.17) is 0 Å². The van der Waals surface area contributed by atoms with Crippen LogP contribution in [-0.2, 0) is 9.53 Å². The van der Waals surface area contributed by atoms with Crippen LogP contribution in [0.15, 0.2) is 11.6 Å². The van der Waals surface area contributed by atoms with Crippen molar-refractivity contribution in [3.05, 3.63) is 11.6 Å². The summed E-state index contributed by atoms with van der Waals surface area (Å²) >= 11 is 0. The molecule has 0 heterocycles. The molecule has 0 saturated carbocycles. The molecule has 2 nitrogen and oxygen atoms in total. The number of carbonyl (C=O) groups excluding carboxylic acids is 1. The number of ether oxygens (including phenoxy) is 1. The van der Waals surface area contributed by atoms with E-state index in [1.807, 2.05) is 0 Å². The van der Waals surface area contributed by atoms with Crippen LogP contribution in [0.1, 0.15) is 13.8 Å². The van der Waals surface area contributed by atoms with Crippen LogP contribution in [0.4, 0.5) is 119 Å². The second-order valence-corrected chi connectivity index (χ2v) is 8.81. The topological polar surface area (TPSA) is 26.3 Å². The van der Waals surface area contributed by atoms with Crippen molar-refractivity contribution in [2.24, 2.45) is 0 Å². The minimum atomic E-state index is -9.84. The molecule has 29 heteroatoms. The highest BCUT2D eigenvalue weighted by Crippen LogP contribution is 2.68. The van der Waals surface area contributed by atoms with Crippen molar-refractivity contribution in [1.29, 1.82) is 0 Å². The summed E-state index contributed by atoms with van der Waals surface area (Å²) in [4.78, 5) is 11.3. The predicted octanol–water partition coefficient (Wildman–Crippen LogP) is 9.68.